The van der Waals surface area contributed by atoms with Gasteiger partial charge in [-0.1, -0.05) is 38.1 Å². The second kappa shape index (κ2) is 7.69. The van der Waals surface area contributed by atoms with Crippen LogP contribution in [-0.4, -0.2) is 21.7 Å². The Labute approximate surface area is 126 Å². The van der Waals surface area contributed by atoms with Gasteiger partial charge in [-0.15, -0.1) is 5.10 Å². The molecule has 0 saturated heterocycles. The van der Waals surface area contributed by atoms with Crippen molar-refractivity contribution in [2.45, 2.75) is 39.7 Å². The smallest absolute Gasteiger partial charge is 0.243 e. The maximum absolute atomic E-state index is 5.55. The van der Waals surface area contributed by atoms with Crippen molar-refractivity contribution in [3.05, 3.63) is 46.8 Å². The highest BCUT2D eigenvalue weighted by Gasteiger charge is 2.05. The lowest BCUT2D eigenvalue weighted by Crippen LogP contribution is -2.09. The molecule has 21 heavy (non-hydrogen) atoms. The Morgan fingerprint density at radius 2 is 1.62 bits per heavy atom. The number of hydrogen-bond donors (Lipinski definition) is 2. The van der Waals surface area contributed by atoms with Crippen LogP contribution >= 0.6 is 0 Å². The molecule has 5 heteroatoms. The summed E-state index contributed by atoms with van der Waals surface area (Å²) in [5.41, 5.74) is 10.0. The van der Waals surface area contributed by atoms with Crippen molar-refractivity contribution in [3.8, 4) is 0 Å². The maximum Gasteiger partial charge on any atom is 0.243 e. The standard InChI is InChI=1S/C16H23N5/c1-3-14-15(4-2)20-21-16(19-14)18-11-13-7-5-12(6-8-13)9-10-17/h5-8H,3-4,9-11,17H2,1-2H3,(H,18,19,21). The molecular weight excluding hydrogens is 262 g/mol. The van der Waals surface area contributed by atoms with Crippen LogP contribution in [0.3, 0.4) is 0 Å². The van der Waals surface area contributed by atoms with E-state index in [0.29, 0.717) is 19.0 Å². The van der Waals surface area contributed by atoms with Gasteiger partial charge in [0.2, 0.25) is 5.95 Å². The molecule has 0 fully saturated rings. The maximum atomic E-state index is 5.55. The molecule has 2 aromatic rings. The molecule has 0 aliphatic rings. The number of aromatic nitrogens is 3. The zero-order chi connectivity index (χ0) is 15.1. The van der Waals surface area contributed by atoms with Gasteiger partial charge in [0, 0.05) is 6.54 Å². The van der Waals surface area contributed by atoms with Crippen molar-refractivity contribution in [1.82, 2.24) is 15.2 Å². The molecular formula is C16H23N5. The lowest BCUT2D eigenvalue weighted by molar-refractivity contribution is 0.819. The first-order valence-electron chi connectivity index (χ1n) is 7.51. The first-order valence-corrected chi connectivity index (χ1v) is 7.51. The van der Waals surface area contributed by atoms with Crippen LogP contribution < -0.4 is 11.1 Å². The van der Waals surface area contributed by atoms with Crippen LogP contribution in [0.5, 0.6) is 0 Å². The SMILES string of the molecule is CCc1nnc(NCc2ccc(CCN)cc2)nc1CC. The molecule has 0 radical (unpaired) electrons. The second-order valence-corrected chi connectivity index (χ2v) is 4.94. The van der Waals surface area contributed by atoms with E-state index in [2.05, 4.69) is 58.6 Å². The number of nitrogens with zero attached hydrogens (tertiary/aromatic N) is 3. The Hall–Kier alpha value is -2.01. The second-order valence-electron chi connectivity index (χ2n) is 4.94. The molecule has 1 heterocycles. The Morgan fingerprint density at radius 3 is 2.24 bits per heavy atom. The van der Waals surface area contributed by atoms with Crippen LogP contribution in [0.25, 0.3) is 0 Å². The number of nitrogens with one attached hydrogen (secondary N) is 1. The van der Waals surface area contributed by atoms with E-state index in [9.17, 15) is 0 Å². The zero-order valence-corrected chi connectivity index (χ0v) is 12.8. The number of nitrogens with two attached hydrogens (primary N) is 1. The molecule has 112 valence electrons. The Morgan fingerprint density at radius 1 is 0.952 bits per heavy atom. The number of rotatable bonds is 7. The van der Waals surface area contributed by atoms with Gasteiger partial charge >= 0.3 is 0 Å². The first-order chi connectivity index (χ1) is 10.3. The molecule has 0 aliphatic heterocycles. The third kappa shape index (κ3) is 4.23. The minimum atomic E-state index is 0.593. The van der Waals surface area contributed by atoms with E-state index in [0.717, 1.165) is 30.7 Å². The minimum Gasteiger partial charge on any atom is -0.349 e. The van der Waals surface area contributed by atoms with Crippen LogP contribution in [0.4, 0.5) is 5.95 Å². The fourth-order valence-corrected chi connectivity index (χ4v) is 2.18. The molecule has 0 bridgehead atoms. The quantitative estimate of drug-likeness (QED) is 0.814. The predicted molar refractivity (Wildman–Crippen MR) is 85.1 cm³/mol. The molecule has 0 amide bonds. The van der Waals surface area contributed by atoms with Crippen molar-refractivity contribution in [3.63, 3.8) is 0 Å². The van der Waals surface area contributed by atoms with Crippen LogP contribution in [-0.2, 0) is 25.8 Å². The zero-order valence-electron chi connectivity index (χ0n) is 12.8. The number of hydrogen-bond acceptors (Lipinski definition) is 5. The van der Waals surface area contributed by atoms with Gasteiger partial charge < -0.3 is 11.1 Å². The summed E-state index contributed by atoms with van der Waals surface area (Å²) in [7, 11) is 0. The van der Waals surface area contributed by atoms with Crippen LogP contribution in [0.2, 0.25) is 0 Å². The van der Waals surface area contributed by atoms with Crippen LogP contribution in [0.1, 0.15) is 36.4 Å². The van der Waals surface area contributed by atoms with Gasteiger partial charge in [-0.2, -0.15) is 5.10 Å². The summed E-state index contributed by atoms with van der Waals surface area (Å²) in [4.78, 5) is 4.52. The van der Waals surface area contributed by atoms with Crippen molar-refractivity contribution in [2.75, 3.05) is 11.9 Å². The molecule has 1 aromatic carbocycles. The molecule has 5 nitrogen and oxygen atoms in total. The Kier molecular flexibility index (Phi) is 5.63. The normalized spacial score (nSPS) is 10.6. The highest BCUT2D eigenvalue weighted by molar-refractivity contribution is 5.30. The van der Waals surface area contributed by atoms with E-state index in [1.165, 1.54) is 11.1 Å². The molecule has 2 rings (SSSR count). The summed E-state index contributed by atoms with van der Waals surface area (Å²) >= 11 is 0. The molecule has 0 saturated carbocycles. The fourth-order valence-electron chi connectivity index (χ4n) is 2.18. The summed E-state index contributed by atoms with van der Waals surface area (Å²) < 4.78 is 0. The van der Waals surface area contributed by atoms with E-state index in [1.807, 2.05) is 0 Å². The van der Waals surface area contributed by atoms with Gasteiger partial charge in [0.05, 0.1) is 11.4 Å². The molecule has 1 aromatic heterocycles. The van der Waals surface area contributed by atoms with Gasteiger partial charge in [-0.25, -0.2) is 4.98 Å². The van der Waals surface area contributed by atoms with Crippen molar-refractivity contribution in [1.29, 1.82) is 0 Å². The number of benzene rings is 1. The van der Waals surface area contributed by atoms with Crippen LogP contribution in [0, 0.1) is 0 Å². The monoisotopic (exact) mass is 285 g/mol. The van der Waals surface area contributed by atoms with Gasteiger partial charge in [0.25, 0.3) is 0 Å². The molecule has 3 N–H and O–H groups in total. The van der Waals surface area contributed by atoms with E-state index in [4.69, 9.17) is 5.73 Å². The van der Waals surface area contributed by atoms with E-state index in [-0.39, 0.29) is 0 Å². The highest BCUT2D eigenvalue weighted by Crippen LogP contribution is 2.09. The topological polar surface area (TPSA) is 76.7 Å². The number of anilines is 1. The van der Waals surface area contributed by atoms with Gasteiger partial charge in [-0.05, 0) is 36.9 Å². The predicted octanol–water partition coefficient (Wildman–Crippen LogP) is 2.11. The molecule has 0 aliphatic carbocycles. The van der Waals surface area contributed by atoms with E-state index in [1.54, 1.807) is 0 Å². The Balaban J connectivity index is 1.99. The summed E-state index contributed by atoms with van der Waals surface area (Å²) in [6.07, 6.45) is 2.66. The third-order valence-electron chi connectivity index (χ3n) is 3.42. The summed E-state index contributed by atoms with van der Waals surface area (Å²) in [5, 5.41) is 11.6. The lowest BCUT2D eigenvalue weighted by Gasteiger charge is -2.08. The van der Waals surface area contributed by atoms with E-state index < -0.39 is 0 Å². The molecule has 0 spiro atoms. The van der Waals surface area contributed by atoms with Gasteiger partial charge in [0.1, 0.15) is 0 Å². The first kappa shape index (κ1) is 15.4. The molecule has 0 unspecified atom stereocenters. The van der Waals surface area contributed by atoms with Gasteiger partial charge in [-0.3, -0.25) is 0 Å². The Bertz CT molecular complexity index is 565. The average Bonchev–Trinajstić information content (AvgIpc) is 2.54. The summed E-state index contributed by atoms with van der Waals surface area (Å²) in [5.74, 6) is 0.593. The number of aryl methyl sites for hydroxylation is 2. The van der Waals surface area contributed by atoms with E-state index >= 15 is 0 Å². The summed E-state index contributed by atoms with van der Waals surface area (Å²) in [6.45, 7) is 5.53. The van der Waals surface area contributed by atoms with Crippen molar-refractivity contribution < 1.29 is 0 Å². The summed E-state index contributed by atoms with van der Waals surface area (Å²) in [6, 6.07) is 8.43. The van der Waals surface area contributed by atoms with Crippen molar-refractivity contribution in [2.24, 2.45) is 5.73 Å². The van der Waals surface area contributed by atoms with Crippen LogP contribution in [0.15, 0.2) is 24.3 Å². The highest BCUT2D eigenvalue weighted by atomic mass is 15.2. The van der Waals surface area contributed by atoms with Crippen molar-refractivity contribution >= 4 is 5.95 Å². The fraction of sp³-hybridized carbons (Fsp3) is 0.438. The van der Waals surface area contributed by atoms with Gasteiger partial charge in [0.15, 0.2) is 0 Å². The third-order valence-corrected chi connectivity index (χ3v) is 3.42. The molecule has 0 atom stereocenters. The lowest BCUT2D eigenvalue weighted by atomic mass is 10.1. The minimum absolute atomic E-state index is 0.593. The average molecular weight is 285 g/mol. The largest absolute Gasteiger partial charge is 0.349 e.